The van der Waals surface area contributed by atoms with Gasteiger partial charge in [-0.15, -0.1) is 0 Å². The molecule has 3 saturated carbocycles. The maximum atomic E-state index is 12.8. The Morgan fingerprint density at radius 1 is 1.21 bits per heavy atom. The molecular formula is C29H48O4. The number of aliphatic hydroxyl groups is 2. The van der Waals surface area contributed by atoms with Gasteiger partial charge in [0.15, 0.2) is 11.4 Å². The van der Waals surface area contributed by atoms with Crippen LogP contribution in [0.3, 0.4) is 0 Å². The number of allylic oxidation sites excluding steroid dienone is 2. The number of carbonyl (C=O) groups is 1. The zero-order valence-corrected chi connectivity index (χ0v) is 22.1. The molecule has 4 heteroatoms. The van der Waals surface area contributed by atoms with Crippen molar-refractivity contribution in [1.29, 1.82) is 0 Å². The third kappa shape index (κ3) is 3.44. The Balaban J connectivity index is 1.68. The predicted octanol–water partition coefficient (Wildman–Crippen LogP) is 5.70. The molecule has 33 heavy (non-hydrogen) atoms. The van der Waals surface area contributed by atoms with Crippen molar-refractivity contribution in [2.24, 2.45) is 39.9 Å². The lowest BCUT2D eigenvalue weighted by atomic mass is 9.38. The van der Waals surface area contributed by atoms with Crippen molar-refractivity contribution in [2.75, 3.05) is 6.61 Å². The second kappa shape index (κ2) is 8.45. The first-order valence-corrected chi connectivity index (χ1v) is 13.5. The van der Waals surface area contributed by atoms with E-state index in [0.29, 0.717) is 24.2 Å². The minimum Gasteiger partial charge on any atom is -0.396 e. The third-order valence-corrected chi connectivity index (χ3v) is 11.5. The molecule has 0 aromatic heterocycles. The predicted molar refractivity (Wildman–Crippen MR) is 132 cm³/mol. The van der Waals surface area contributed by atoms with Crippen molar-refractivity contribution in [1.82, 2.24) is 0 Å². The lowest BCUT2D eigenvalue weighted by Crippen LogP contribution is -2.66. The third-order valence-electron chi connectivity index (χ3n) is 11.5. The Morgan fingerprint density at radius 2 is 1.91 bits per heavy atom. The molecule has 10 unspecified atom stereocenters. The fourth-order valence-electron chi connectivity index (χ4n) is 9.58. The van der Waals surface area contributed by atoms with Gasteiger partial charge in [-0.2, -0.15) is 0 Å². The van der Waals surface area contributed by atoms with Crippen LogP contribution in [-0.2, 0) is 9.53 Å². The van der Waals surface area contributed by atoms with Crippen LogP contribution in [0.25, 0.3) is 0 Å². The lowest BCUT2D eigenvalue weighted by Gasteiger charge is -2.66. The summed E-state index contributed by atoms with van der Waals surface area (Å²) in [6, 6.07) is 0. The molecule has 2 N–H and O–H groups in total. The Labute approximate surface area is 201 Å². The number of hydrogen-bond donors (Lipinski definition) is 2. The highest BCUT2D eigenvalue weighted by Gasteiger charge is 2.79. The number of fused-ring (bicyclic) bond motifs is 4. The van der Waals surface area contributed by atoms with E-state index in [4.69, 9.17) is 4.74 Å². The van der Waals surface area contributed by atoms with Crippen molar-refractivity contribution in [3.05, 3.63) is 11.6 Å². The summed E-state index contributed by atoms with van der Waals surface area (Å²) < 4.78 is 6.29. The highest BCUT2D eigenvalue weighted by atomic mass is 16.6. The first-order valence-electron chi connectivity index (χ1n) is 13.5. The Bertz CT molecular complexity index is 801. The summed E-state index contributed by atoms with van der Waals surface area (Å²) >= 11 is 0. The zero-order chi connectivity index (χ0) is 24.4. The van der Waals surface area contributed by atoms with Crippen LogP contribution < -0.4 is 0 Å². The van der Waals surface area contributed by atoms with Crippen LogP contribution in [0.5, 0.6) is 0 Å². The topological polar surface area (TPSA) is 70.1 Å². The summed E-state index contributed by atoms with van der Waals surface area (Å²) in [7, 11) is 0. The van der Waals surface area contributed by atoms with Crippen LogP contribution in [0.15, 0.2) is 11.6 Å². The molecule has 4 aliphatic rings. The molecule has 0 aromatic rings. The van der Waals surface area contributed by atoms with Gasteiger partial charge in [0.05, 0.1) is 12.2 Å². The van der Waals surface area contributed by atoms with Gasteiger partial charge in [0.1, 0.15) is 0 Å². The minimum absolute atomic E-state index is 0.0159. The lowest BCUT2D eigenvalue weighted by molar-refractivity contribution is -0.213. The van der Waals surface area contributed by atoms with Gasteiger partial charge in [0.25, 0.3) is 0 Å². The van der Waals surface area contributed by atoms with Crippen LogP contribution in [-0.4, -0.2) is 40.4 Å². The highest BCUT2D eigenvalue weighted by Crippen LogP contribution is 2.77. The summed E-state index contributed by atoms with van der Waals surface area (Å²) in [4.78, 5) is 12.8. The largest absolute Gasteiger partial charge is 0.396 e. The molecular weight excluding hydrogens is 412 g/mol. The van der Waals surface area contributed by atoms with Gasteiger partial charge in [-0.05, 0) is 101 Å². The number of ketones is 1. The van der Waals surface area contributed by atoms with E-state index in [9.17, 15) is 15.0 Å². The molecule has 4 nitrogen and oxygen atoms in total. The van der Waals surface area contributed by atoms with Gasteiger partial charge < -0.3 is 14.9 Å². The van der Waals surface area contributed by atoms with E-state index >= 15 is 0 Å². The average Bonchev–Trinajstić information content (AvgIpc) is 3.39. The molecule has 1 heterocycles. The summed E-state index contributed by atoms with van der Waals surface area (Å²) in [5.41, 5.74) is 0.462. The van der Waals surface area contributed by atoms with Gasteiger partial charge in [0.2, 0.25) is 0 Å². The summed E-state index contributed by atoms with van der Waals surface area (Å²) in [6.07, 6.45) is 9.75. The maximum absolute atomic E-state index is 12.8. The van der Waals surface area contributed by atoms with E-state index in [1.54, 1.807) is 6.92 Å². The normalized spacial score (nSPS) is 48.9. The number of Topliss-reactive ketones (excluding diaryl/α,β-unsaturated/α-hetero) is 1. The van der Waals surface area contributed by atoms with E-state index < -0.39 is 5.60 Å². The second-order valence-electron chi connectivity index (χ2n) is 13.1. The fourth-order valence-corrected chi connectivity index (χ4v) is 9.58. The van der Waals surface area contributed by atoms with Crippen molar-refractivity contribution in [3.8, 4) is 0 Å². The van der Waals surface area contributed by atoms with E-state index in [-0.39, 0.29) is 46.8 Å². The smallest absolute Gasteiger partial charge is 0.164 e. The summed E-state index contributed by atoms with van der Waals surface area (Å²) in [5.74, 6) is 1.73. The highest BCUT2D eigenvalue weighted by molar-refractivity contribution is 5.89. The van der Waals surface area contributed by atoms with Gasteiger partial charge >= 0.3 is 0 Å². The maximum Gasteiger partial charge on any atom is 0.164 e. The summed E-state index contributed by atoms with van der Waals surface area (Å²) in [5, 5.41) is 21.5. The Kier molecular flexibility index (Phi) is 6.50. The van der Waals surface area contributed by atoms with Crippen molar-refractivity contribution in [3.63, 3.8) is 0 Å². The van der Waals surface area contributed by atoms with Crippen LogP contribution in [0.1, 0.15) is 99.8 Å². The zero-order valence-electron chi connectivity index (χ0n) is 22.1. The fraction of sp³-hybridized carbons (Fsp3) is 0.897. The monoisotopic (exact) mass is 460 g/mol. The SMILES string of the molecule is CC(=O)C12OC1CC1C(C)(CC(O)C3(C)C(C(C)CCC=C(C)C)CCC13C)C2CCCO. The van der Waals surface area contributed by atoms with E-state index in [1.807, 2.05) is 0 Å². The van der Waals surface area contributed by atoms with Gasteiger partial charge in [-0.3, -0.25) is 4.79 Å². The summed E-state index contributed by atoms with van der Waals surface area (Å²) in [6.45, 7) is 15.7. The van der Waals surface area contributed by atoms with E-state index in [1.165, 1.54) is 18.4 Å². The van der Waals surface area contributed by atoms with Crippen molar-refractivity contribution in [2.45, 2.75) is 118 Å². The Hall–Kier alpha value is -0.710. The molecule has 188 valence electrons. The van der Waals surface area contributed by atoms with E-state index in [2.05, 4.69) is 47.6 Å². The van der Waals surface area contributed by atoms with Crippen LogP contribution >= 0.6 is 0 Å². The molecule has 0 bridgehead atoms. The number of carbonyl (C=O) groups excluding carboxylic acids is 1. The molecule has 0 amide bonds. The number of aliphatic hydroxyl groups excluding tert-OH is 2. The molecule has 0 spiro atoms. The van der Waals surface area contributed by atoms with Gasteiger partial charge in [-0.25, -0.2) is 0 Å². The number of rotatable bonds is 8. The molecule has 1 saturated heterocycles. The quantitative estimate of drug-likeness (QED) is 0.360. The number of epoxide rings is 1. The first kappa shape index (κ1) is 25.4. The van der Waals surface area contributed by atoms with Crippen LogP contribution in [0, 0.1) is 39.9 Å². The van der Waals surface area contributed by atoms with Crippen molar-refractivity contribution >= 4 is 5.78 Å². The first-order chi connectivity index (χ1) is 15.4. The Morgan fingerprint density at radius 3 is 2.52 bits per heavy atom. The minimum atomic E-state index is -0.681. The standard InChI is InChI=1S/C29H48O4/c1-18(2)10-8-11-19(3)21-13-14-27(6)23-16-25-29(33-25,20(4)31)22(12-9-15-30)26(23,5)17-24(32)28(21,27)7/h10,19,21-25,30,32H,8-9,11-17H2,1-7H3. The second-order valence-corrected chi connectivity index (χ2v) is 13.1. The molecule has 10 atom stereocenters. The van der Waals surface area contributed by atoms with E-state index in [0.717, 1.165) is 32.1 Å². The van der Waals surface area contributed by atoms with Crippen molar-refractivity contribution < 1.29 is 19.7 Å². The van der Waals surface area contributed by atoms with Gasteiger partial charge in [0, 0.05) is 17.9 Å². The van der Waals surface area contributed by atoms with Crippen LogP contribution in [0.4, 0.5) is 0 Å². The van der Waals surface area contributed by atoms with Gasteiger partial charge in [-0.1, -0.05) is 39.3 Å². The molecule has 0 aromatic carbocycles. The number of hydrogen-bond acceptors (Lipinski definition) is 4. The molecule has 4 fully saturated rings. The molecule has 4 rings (SSSR count). The molecule has 0 radical (unpaired) electrons. The number of ether oxygens (including phenoxy) is 1. The molecule has 3 aliphatic carbocycles. The molecule has 1 aliphatic heterocycles. The van der Waals surface area contributed by atoms with Crippen LogP contribution in [0.2, 0.25) is 0 Å². The average molecular weight is 461 g/mol.